The summed E-state index contributed by atoms with van der Waals surface area (Å²) in [6.45, 7) is 1.91. The van der Waals surface area contributed by atoms with Gasteiger partial charge in [0, 0.05) is 6.54 Å². The topological polar surface area (TPSA) is 105 Å². The molecule has 0 saturated carbocycles. The zero-order valence-corrected chi connectivity index (χ0v) is 20.3. The second kappa shape index (κ2) is 10.0. The second-order valence-electron chi connectivity index (χ2n) is 9.78. The summed E-state index contributed by atoms with van der Waals surface area (Å²) in [7, 11) is 0. The lowest BCUT2D eigenvalue weighted by Crippen LogP contribution is -2.58. The summed E-state index contributed by atoms with van der Waals surface area (Å²) in [6.07, 6.45) is 0.993. The summed E-state index contributed by atoms with van der Waals surface area (Å²) in [4.78, 5) is 42.2. The molecule has 2 bridgehead atoms. The summed E-state index contributed by atoms with van der Waals surface area (Å²) in [5.41, 5.74) is 0.749. The minimum atomic E-state index is -1.12. The average Bonchev–Trinajstić information content (AvgIpc) is 3.54. The van der Waals surface area contributed by atoms with Crippen LogP contribution in [0.5, 0.6) is 0 Å². The molecule has 3 saturated heterocycles. The van der Waals surface area contributed by atoms with Crippen LogP contribution in [0.2, 0.25) is 0 Å². The van der Waals surface area contributed by atoms with Crippen molar-refractivity contribution in [1.29, 1.82) is 0 Å². The van der Waals surface area contributed by atoms with E-state index in [0.29, 0.717) is 25.8 Å². The zero-order valence-electron chi connectivity index (χ0n) is 20.3. The van der Waals surface area contributed by atoms with Crippen LogP contribution in [0, 0.1) is 11.8 Å². The van der Waals surface area contributed by atoms with Crippen molar-refractivity contribution in [2.75, 3.05) is 13.2 Å². The van der Waals surface area contributed by atoms with Crippen molar-refractivity contribution in [2.45, 2.75) is 56.5 Å². The third-order valence-corrected chi connectivity index (χ3v) is 7.77. The quantitative estimate of drug-likeness (QED) is 0.518. The molecule has 8 nitrogen and oxygen atoms in total. The maximum atomic E-state index is 14.0. The van der Waals surface area contributed by atoms with Gasteiger partial charge in [-0.15, -0.1) is 0 Å². The fraction of sp³-hybridized carbons (Fsp3) is 0.464. The van der Waals surface area contributed by atoms with E-state index < -0.39 is 41.6 Å². The summed E-state index contributed by atoms with van der Waals surface area (Å²) in [6, 6.07) is 17.5. The molecule has 190 valence electrons. The molecule has 8 heteroatoms. The van der Waals surface area contributed by atoms with Crippen LogP contribution >= 0.6 is 0 Å². The van der Waals surface area contributed by atoms with Crippen LogP contribution in [-0.2, 0) is 36.8 Å². The van der Waals surface area contributed by atoms with Crippen molar-refractivity contribution in [3.8, 4) is 0 Å². The maximum Gasteiger partial charge on any atom is 0.312 e. The Morgan fingerprint density at radius 1 is 1.14 bits per heavy atom. The van der Waals surface area contributed by atoms with Gasteiger partial charge < -0.3 is 24.8 Å². The summed E-state index contributed by atoms with van der Waals surface area (Å²) >= 11 is 0. The molecule has 36 heavy (non-hydrogen) atoms. The van der Waals surface area contributed by atoms with Crippen molar-refractivity contribution < 1.29 is 29.0 Å². The molecule has 3 fully saturated rings. The monoisotopic (exact) mass is 492 g/mol. The van der Waals surface area contributed by atoms with Gasteiger partial charge in [-0.3, -0.25) is 14.4 Å². The first-order valence-electron chi connectivity index (χ1n) is 12.6. The lowest BCUT2D eigenvalue weighted by Gasteiger charge is -2.36. The number of fused-ring (bicyclic) bond motifs is 1. The van der Waals surface area contributed by atoms with Crippen LogP contribution in [-0.4, -0.2) is 64.8 Å². The Hall–Kier alpha value is -3.23. The predicted octanol–water partition coefficient (Wildman–Crippen LogP) is 1.84. The summed E-state index contributed by atoms with van der Waals surface area (Å²) in [5.74, 6) is -2.70. The van der Waals surface area contributed by atoms with Crippen molar-refractivity contribution >= 4 is 17.8 Å². The molecule has 2 N–H and O–H groups in total. The number of amides is 2. The minimum Gasteiger partial charge on any atom is -0.466 e. The van der Waals surface area contributed by atoms with Crippen LogP contribution < -0.4 is 5.32 Å². The Morgan fingerprint density at radius 3 is 2.44 bits per heavy atom. The van der Waals surface area contributed by atoms with E-state index in [9.17, 15) is 19.5 Å². The van der Waals surface area contributed by atoms with E-state index >= 15 is 0 Å². The lowest BCUT2D eigenvalue weighted by molar-refractivity contribution is -0.155. The Labute approximate surface area is 210 Å². The van der Waals surface area contributed by atoms with Gasteiger partial charge in [0.05, 0.1) is 37.2 Å². The highest BCUT2D eigenvalue weighted by atomic mass is 16.6. The van der Waals surface area contributed by atoms with Gasteiger partial charge in [-0.05, 0) is 37.3 Å². The predicted molar refractivity (Wildman–Crippen MR) is 130 cm³/mol. The normalized spacial score (nSPS) is 29.2. The Kier molecular flexibility index (Phi) is 6.81. The molecule has 2 unspecified atom stereocenters. The molecule has 0 radical (unpaired) electrons. The molecule has 1 spiro atoms. The summed E-state index contributed by atoms with van der Waals surface area (Å²) in [5, 5.41) is 13.4. The molecule has 2 amide bonds. The van der Waals surface area contributed by atoms with Gasteiger partial charge in [0.1, 0.15) is 11.6 Å². The Balaban J connectivity index is 1.49. The van der Waals surface area contributed by atoms with Crippen LogP contribution in [0.25, 0.3) is 0 Å². The Bertz CT molecular complexity index is 1110. The van der Waals surface area contributed by atoms with Crippen LogP contribution in [0.15, 0.2) is 60.7 Å². The first-order chi connectivity index (χ1) is 17.5. The number of aliphatic hydroxyl groups is 1. The number of carbonyl (C=O) groups excluding carboxylic acids is 3. The van der Waals surface area contributed by atoms with E-state index in [-0.39, 0.29) is 25.0 Å². The maximum absolute atomic E-state index is 14.0. The third kappa shape index (κ3) is 4.08. The number of aliphatic hydroxyl groups excluding tert-OH is 1. The molecule has 3 heterocycles. The van der Waals surface area contributed by atoms with E-state index in [0.717, 1.165) is 11.1 Å². The number of rotatable bonds is 9. The van der Waals surface area contributed by atoms with E-state index in [2.05, 4.69) is 5.32 Å². The third-order valence-electron chi connectivity index (χ3n) is 7.77. The fourth-order valence-electron chi connectivity index (χ4n) is 6.31. The Morgan fingerprint density at radius 2 is 1.81 bits per heavy atom. The molecule has 5 rings (SSSR count). The molecular weight excluding hydrogens is 460 g/mol. The number of esters is 1. The summed E-state index contributed by atoms with van der Waals surface area (Å²) < 4.78 is 11.7. The van der Waals surface area contributed by atoms with E-state index in [1.165, 1.54) is 4.90 Å². The molecule has 3 aliphatic heterocycles. The number of nitrogens with zero attached hydrogens (tertiary/aromatic N) is 1. The number of likely N-dealkylation sites (tertiary alicyclic amines) is 1. The molecule has 2 aromatic rings. The number of benzene rings is 2. The van der Waals surface area contributed by atoms with Gasteiger partial charge in [-0.25, -0.2) is 0 Å². The molecular formula is C28H32N2O6. The van der Waals surface area contributed by atoms with E-state index in [1.54, 1.807) is 6.92 Å². The molecule has 6 atom stereocenters. The standard InChI is InChI=1S/C28H32N2O6/c1-2-35-27(34)22-21-13-14-28(36-21)23(22)26(33)30(20(17-31)15-18-9-5-3-6-10-18)24(28)25(32)29-16-19-11-7-4-8-12-19/h3-12,20-24,31H,2,13-17H2,1H3,(H,29,32)/t20-,21-,22+,23+,24?,28?/m1/s1. The number of hydrogen-bond acceptors (Lipinski definition) is 6. The van der Waals surface area contributed by atoms with Crippen molar-refractivity contribution in [3.05, 3.63) is 71.8 Å². The van der Waals surface area contributed by atoms with Crippen LogP contribution in [0.4, 0.5) is 0 Å². The highest BCUT2D eigenvalue weighted by Crippen LogP contribution is 2.59. The first kappa shape index (κ1) is 24.5. The van der Waals surface area contributed by atoms with E-state index in [1.807, 2.05) is 60.7 Å². The van der Waals surface area contributed by atoms with Gasteiger partial charge in [-0.2, -0.15) is 0 Å². The SMILES string of the molecule is CCOC(=O)[C@@H]1[C@H]2C(=O)N([C@@H](CO)Cc3ccccc3)C(C(=O)NCc3ccccc3)C23CC[C@H]1O3. The molecule has 2 aromatic carbocycles. The number of carbonyl (C=O) groups is 3. The highest BCUT2D eigenvalue weighted by molar-refractivity contribution is 5.98. The van der Waals surface area contributed by atoms with Crippen LogP contribution in [0.1, 0.15) is 30.9 Å². The first-order valence-corrected chi connectivity index (χ1v) is 12.6. The highest BCUT2D eigenvalue weighted by Gasteiger charge is 2.75. The molecule has 3 aliphatic rings. The van der Waals surface area contributed by atoms with Crippen LogP contribution in [0.3, 0.4) is 0 Å². The van der Waals surface area contributed by atoms with Crippen molar-refractivity contribution in [1.82, 2.24) is 10.2 Å². The molecule has 0 aromatic heterocycles. The second-order valence-corrected chi connectivity index (χ2v) is 9.78. The zero-order chi connectivity index (χ0) is 25.3. The minimum absolute atomic E-state index is 0.202. The fourth-order valence-corrected chi connectivity index (χ4v) is 6.31. The number of ether oxygens (including phenoxy) is 2. The van der Waals surface area contributed by atoms with Gasteiger partial charge in [-0.1, -0.05) is 60.7 Å². The van der Waals surface area contributed by atoms with Gasteiger partial charge in [0.25, 0.3) is 0 Å². The largest absolute Gasteiger partial charge is 0.466 e. The van der Waals surface area contributed by atoms with Gasteiger partial charge in [0.2, 0.25) is 11.8 Å². The smallest absolute Gasteiger partial charge is 0.312 e. The number of hydrogen-bond donors (Lipinski definition) is 2. The van der Waals surface area contributed by atoms with Crippen molar-refractivity contribution in [2.24, 2.45) is 11.8 Å². The van der Waals surface area contributed by atoms with E-state index in [4.69, 9.17) is 9.47 Å². The number of nitrogens with one attached hydrogen (secondary N) is 1. The van der Waals surface area contributed by atoms with Gasteiger partial charge in [0.15, 0.2) is 0 Å². The van der Waals surface area contributed by atoms with Gasteiger partial charge >= 0.3 is 5.97 Å². The molecule has 0 aliphatic carbocycles. The average molecular weight is 493 g/mol. The lowest BCUT2D eigenvalue weighted by atomic mass is 9.71. The van der Waals surface area contributed by atoms with Crippen molar-refractivity contribution in [3.63, 3.8) is 0 Å².